The lowest BCUT2D eigenvalue weighted by molar-refractivity contribution is 0.265. The summed E-state index contributed by atoms with van der Waals surface area (Å²) in [6, 6.07) is 1.03. The zero-order chi connectivity index (χ0) is 14.4. The SMILES string of the molecule is C=C(Cl)CN=C(NCC)NC1CN(C(C)C)CC1C. The molecule has 2 atom stereocenters. The molecule has 0 aromatic carbocycles. The molecule has 1 heterocycles. The Morgan fingerprint density at radius 2 is 2.16 bits per heavy atom. The summed E-state index contributed by atoms with van der Waals surface area (Å²) in [7, 11) is 0. The fourth-order valence-corrected chi connectivity index (χ4v) is 2.33. The second-order valence-electron chi connectivity index (χ2n) is 5.49. The Morgan fingerprint density at radius 1 is 1.47 bits per heavy atom. The van der Waals surface area contributed by atoms with Crippen LogP contribution in [0, 0.1) is 5.92 Å². The fourth-order valence-electron chi connectivity index (χ4n) is 2.27. The van der Waals surface area contributed by atoms with E-state index in [1.165, 1.54) is 0 Å². The molecule has 2 unspecified atom stereocenters. The van der Waals surface area contributed by atoms with Crippen LogP contribution in [0.2, 0.25) is 0 Å². The Labute approximate surface area is 122 Å². The van der Waals surface area contributed by atoms with Crippen LogP contribution in [0.1, 0.15) is 27.7 Å². The van der Waals surface area contributed by atoms with Crippen LogP contribution >= 0.6 is 11.6 Å². The lowest BCUT2D eigenvalue weighted by atomic mass is 10.1. The minimum atomic E-state index is 0.434. The molecule has 0 bridgehead atoms. The van der Waals surface area contributed by atoms with Gasteiger partial charge in [-0.25, -0.2) is 4.99 Å². The predicted octanol–water partition coefficient (Wildman–Crippen LogP) is 2.02. The average molecular weight is 287 g/mol. The van der Waals surface area contributed by atoms with Crippen LogP contribution in [-0.2, 0) is 0 Å². The summed E-state index contributed by atoms with van der Waals surface area (Å²) < 4.78 is 0. The lowest BCUT2D eigenvalue weighted by Gasteiger charge is -2.21. The number of nitrogens with one attached hydrogen (secondary N) is 2. The van der Waals surface area contributed by atoms with E-state index in [0.717, 1.165) is 25.6 Å². The first kappa shape index (κ1) is 16.3. The van der Waals surface area contributed by atoms with Crippen LogP contribution in [0.4, 0.5) is 0 Å². The molecule has 0 aromatic rings. The number of nitrogens with zero attached hydrogens (tertiary/aromatic N) is 2. The average Bonchev–Trinajstić information content (AvgIpc) is 2.68. The number of hydrogen-bond donors (Lipinski definition) is 2. The van der Waals surface area contributed by atoms with Crippen molar-refractivity contribution >= 4 is 17.6 Å². The molecule has 4 nitrogen and oxygen atoms in total. The highest BCUT2D eigenvalue weighted by atomic mass is 35.5. The van der Waals surface area contributed by atoms with Crippen LogP contribution in [0.15, 0.2) is 16.6 Å². The normalized spacial score (nSPS) is 24.8. The monoisotopic (exact) mass is 286 g/mol. The summed E-state index contributed by atoms with van der Waals surface area (Å²) in [5.74, 6) is 1.44. The van der Waals surface area contributed by atoms with Crippen molar-refractivity contribution in [1.82, 2.24) is 15.5 Å². The van der Waals surface area contributed by atoms with E-state index < -0.39 is 0 Å². The minimum Gasteiger partial charge on any atom is -0.357 e. The second kappa shape index (κ2) is 7.75. The Hall–Kier alpha value is -0.740. The highest BCUT2D eigenvalue weighted by Gasteiger charge is 2.31. The summed E-state index contributed by atoms with van der Waals surface area (Å²) in [5.41, 5.74) is 0. The van der Waals surface area contributed by atoms with Crippen molar-refractivity contribution < 1.29 is 0 Å². The third kappa shape index (κ3) is 5.41. The molecule has 0 radical (unpaired) electrons. The van der Waals surface area contributed by atoms with Gasteiger partial charge in [-0.1, -0.05) is 25.1 Å². The van der Waals surface area contributed by atoms with Gasteiger partial charge in [0.05, 0.1) is 6.54 Å². The molecule has 1 aliphatic rings. The van der Waals surface area contributed by atoms with Crippen LogP contribution in [0.25, 0.3) is 0 Å². The zero-order valence-electron chi connectivity index (χ0n) is 12.5. The summed E-state index contributed by atoms with van der Waals surface area (Å²) in [4.78, 5) is 6.92. The maximum absolute atomic E-state index is 5.77. The van der Waals surface area contributed by atoms with Gasteiger partial charge in [0.2, 0.25) is 0 Å². The second-order valence-corrected chi connectivity index (χ2v) is 6.02. The maximum atomic E-state index is 5.77. The van der Waals surface area contributed by atoms with E-state index in [2.05, 4.69) is 54.8 Å². The summed E-state index contributed by atoms with van der Waals surface area (Å²) >= 11 is 5.77. The minimum absolute atomic E-state index is 0.434. The fraction of sp³-hybridized carbons (Fsp3) is 0.786. The third-order valence-electron chi connectivity index (χ3n) is 3.45. The van der Waals surface area contributed by atoms with Gasteiger partial charge >= 0.3 is 0 Å². The van der Waals surface area contributed by atoms with Gasteiger partial charge in [-0.2, -0.15) is 0 Å². The first-order chi connectivity index (χ1) is 8.93. The van der Waals surface area contributed by atoms with Crippen LogP contribution < -0.4 is 10.6 Å². The highest BCUT2D eigenvalue weighted by molar-refractivity contribution is 6.29. The smallest absolute Gasteiger partial charge is 0.191 e. The molecule has 2 N–H and O–H groups in total. The number of guanidine groups is 1. The van der Waals surface area contributed by atoms with Gasteiger partial charge in [0.1, 0.15) is 0 Å². The number of halogens is 1. The first-order valence-electron chi connectivity index (χ1n) is 7.06. The quantitative estimate of drug-likeness (QED) is 0.600. The Balaban J connectivity index is 2.59. The van der Waals surface area contributed by atoms with E-state index in [1.807, 2.05) is 0 Å². The van der Waals surface area contributed by atoms with E-state index in [4.69, 9.17) is 11.6 Å². The number of aliphatic imine (C=N–C) groups is 1. The molecular formula is C14H27ClN4. The zero-order valence-corrected chi connectivity index (χ0v) is 13.3. The molecule has 0 saturated carbocycles. The van der Waals surface area contributed by atoms with Crippen molar-refractivity contribution in [1.29, 1.82) is 0 Å². The van der Waals surface area contributed by atoms with Gasteiger partial charge in [0, 0.05) is 36.8 Å². The highest BCUT2D eigenvalue weighted by Crippen LogP contribution is 2.18. The predicted molar refractivity (Wildman–Crippen MR) is 83.8 cm³/mol. The molecule has 0 aliphatic carbocycles. The van der Waals surface area contributed by atoms with Crippen molar-refractivity contribution in [2.24, 2.45) is 10.9 Å². The van der Waals surface area contributed by atoms with Crippen molar-refractivity contribution in [2.45, 2.75) is 39.8 Å². The van der Waals surface area contributed by atoms with E-state index in [1.54, 1.807) is 0 Å². The van der Waals surface area contributed by atoms with Gasteiger partial charge in [-0.05, 0) is 26.7 Å². The molecule has 1 fully saturated rings. The molecule has 0 aromatic heterocycles. The summed E-state index contributed by atoms with van der Waals surface area (Å²) in [5, 5.41) is 7.31. The molecule has 1 rings (SSSR count). The third-order valence-corrected chi connectivity index (χ3v) is 3.57. The van der Waals surface area contributed by atoms with Crippen LogP contribution in [0.5, 0.6) is 0 Å². The number of rotatable bonds is 5. The number of hydrogen-bond acceptors (Lipinski definition) is 2. The van der Waals surface area contributed by atoms with Crippen molar-refractivity contribution in [3.63, 3.8) is 0 Å². The first-order valence-corrected chi connectivity index (χ1v) is 7.44. The molecule has 0 amide bonds. The van der Waals surface area contributed by atoms with E-state index >= 15 is 0 Å². The lowest BCUT2D eigenvalue weighted by Crippen LogP contribution is -2.46. The van der Waals surface area contributed by atoms with E-state index in [-0.39, 0.29) is 0 Å². The van der Waals surface area contributed by atoms with Crippen molar-refractivity contribution in [2.75, 3.05) is 26.2 Å². The molecule has 1 saturated heterocycles. The molecule has 19 heavy (non-hydrogen) atoms. The topological polar surface area (TPSA) is 39.7 Å². The summed E-state index contributed by atoms with van der Waals surface area (Å²) in [6.45, 7) is 16.0. The van der Waals surface area contributed by atoms with Gasteiger partial charge in [0.15, 0.2) is 5.96 Å². The molecule has 1 aliphatic heterocycles. The molecule has 0 spiro atoms. The van der Waals surface area contributed by atoms with Gasteiger partial charge in [0.25, 0.3) is 0 Å². The van der Waals surface area contributed by atoms with Gasteiger partial charge in [-0.3, -0.25) is 4.90 Å². The molecule has 5 heteroatoms. The van der Waals surface area contributed by atoms with Gasteiger partial charge in [-0.15, -0.1) is 0 Å². The Kier molecular flexibility index (Phi) is 6.66. The standard InChI is InChI=1S/C14H27ClN4/c1-6-16-14(17-7-12(5)15)18-13-9-19(10(2)3)8-11(13)4/h10-11,13H,5-9H2,1-4H3,(H2,16,17,18). The largest absolute Gasteiger partial charge is 0.357 e. The van der Waals surface area contributed by atoms with E-state index in [0.29, 0.717) is 29.6 Å². The number of likely N-dealkylation sites (tertiary alicyclic amines) is 1. The van der Waals surface area contributed by atoms with Crippen molar-refractivity contribution in [3.05, 3.63) is 11.6 Å². The van der Waals surface area contributed by atoms with Crippen molar-refractivity contribution in [3.8, 4) is 0 Å². The molecule has 110 valence electrons. The summed E-state index contributed by atoms with van der Waals surface area (Å²) in [6.07, 6.45) is 0. The van der Waals surface area contributed by atoms with Crippen LogP contribution in [-0.4, -0.2) is 49.1 Å². The molecular weight excluding hydrogens is 260 g/mol. The van der Waals surface area contributed by atoms with E-state index in [9.17, 15) is 0 Å². The van der Waals surface area contributed by atoms with Gasteiger partial charge < -0.3 is 10.6 Å². The Bertz CT molecular complexity index is 327. The Morgan fingerprint density at radius 3 is 2.63 bits per heavy atom. The van der Waals surface area contributed by atoms with Crippen LogP contribution in [0.3, 0.4) is 0 Å². The maximum Gasteiger partial charge on any atom is 0.191 e.